The average Bonchev–Trinajstić information content (AvgIpc) is 2.70. The summed E-state index contributed by atoms with van der Waals surface area (Å²) >= 11 is 0. The summed E-state index contributed by atoms with van der Waals surface area (Å²) in [6, 6.07) is 14.4. The van der Waals surface area contributed by atoms with Crippen LogP contribution in [0.15, 0.2) is 48.5 Å². The highest BCUT2D eigenvalue weighted by Crippen LogP contribution is 2.26. The second-order valence-electron chi connectivity index (χ2n) is 8.16. The molecular weight excluding hydrogens is 367 g/mol. The maximum absolute atomic E-state index is 12.9. The first kappa shape index (κ1) is 22.9. The lowest BCUT2D eigenvalue weighted by Gasteiger charge is -2.31. The van der Waals surface area contributed by atoms with Crippen molar-refractivity contribution in [3.8, 4) is 5.75 Å². The van der Waals surface area contributed by atoms with Crippen molar-refractivity contribution in [2.75, 3.05) is 26.2 Å². The monoisotopic (exact) mass is 400 g/mol. The third-order valence-electron chi connectivity index (χ3n) is 5.09. The van der Waals surface area contributed by atoms with Gasteiger partial charge < -0.3 is 10.1 Å². The van der Waals surface area contributed by atoms with Crippen molar-refractivity contribution in [3.05, 3.63) is 65.5 Å². The van der Waals surface area contributed by atoms with Crippen LogP contribution < -0.4 is 10.1 Å². The molecule has 0 radical (unpaired) electrons. The number of amides is 1. The quantitative estimate of drug-likeness (QED) is 0.663. The Morgan fingerprint density at radius 1 is 1.03 bits per heavy atom. The first-order valence-electron chi connectivity index (χ1n) is 10.2. The number of carbonyl (C=O) groups is 1. The van der Waals surface area contributed by atoms with Crippen LogP contribution in [0.4, 0.5) is 4.39 Å². The average molecular weight is 401 g/mol. The normalized spacial score (nSPS) is 12.7. The summed E-state index contributed by atoms with van der Waals surface area (Å²) in [4.78, 5) is 14.6. The molecule has 2 aromatic carbocycles. The molecule has 1 atom stereocenters. The van der Waals surface area contributed by atoms with Crippen LogP contribution in [0.2, 0.25) is 0 Å². The molecule has 29 heavy (non-hydrogen) atoms. The zero-order valence-electron chi connectivity index (χ0n) is 18.2. The van der Waals surface area contributed by atoms with Gasteiger partial charge in [-0.2, -0.15) is 0 Å². The molecule has 0 aliphatic heterocycles. The van der Waals surface area contributed by atoms with Gasteiger partial charge in [0.1, 0.15) is 11.6 Å². The van der Waals surface area contributed by atoms with Gasteiger partial charge in [0, 0.05) is 6.54 Å². The highest BCUT2D eigenvalue weighted by atomic mass is 19.1. The number of rotatable bonds is 9. The molecule has 2 rings (SSSR count). The predicted molar refractivity (Wildman–Crippen MR) is 116 cm³/mol. The lowest BCUT2D eigenvalue weighted by Crippen LogP contribution is -2.39. The molecule has 0 aromatic heterocycles. The standard InChI is InChI=1S/C24H33FN2O2/c1-6-27(7-2)22(18-8-10-19(11-9-18)24(3,4)5)16-26-23(28)17-29-21-14-12-20(25)13-15-21/h8-15,22H,6-7,16-17H2,1-5H3,(H,26,28). The van der Waals surface area contributed by atoms with Gasteiger partial charge >= 0.3 is 0 Å². The SMILES string of the molecule is CCN(CC)C(CNC(=O)COc1ccc(F)cc1)c1ccc(C(C)(C)C)cc1. The number of carbonyl (C=O) groups excluding carboxylic acids is 1. The van der Waals surface area contributed by atoms with Gasteiger partial charge in [0.05, 0.1) is 6.04 Å². The van der Waals surface area contributed by atoms with Gasteiger partial charge in [-0.25, -0.2) is 4.39 Å². The lowest BCUT2D eigenvalue weighted by atomic mass is 9.86. The second-order valence-corrected chi connectivity index (χ2v) is 8.16. The van der Waals surface area contributed by atoms with Gasteiger partial charge in [-0.05, 0) is 53.9 Å². The molecule has 0 fully saturated rings. The van der Waals surface area contributed by atoms with Gasteiger partial charge in [0.15, 0.2) is 6.61 Å². The van der Waals surface area contributed by atoms with Crippen LogP contribution in [0.25, 0.3) is 0 Å². The molecule has 1 amide bonds. The molecule has 0 aliphatic rings. The van der Waals surface area contributed by atoms with E-state index in [0.29, 0.717) is 12.3 Å². The number of ether oxygens (including phenoxy) is 1. The van der Waals surface area contributed by atoms with E-state index in [1.807, 2.05) is 0 Å². The van der Waals surface area contributed by atoms with Crippen LogP contribution in [0.3, 0.4) is 0 Å². The molecule has 2 aromatic rings. The maximum Gasteiger partial charge on any atom is 0.258 e. The number of halogens is 1. The van der Waals surface area contributed by atoms with E-state index in [1.54, 1.807) is 0 Å². The lowest BCUT2D eigenvalue weighted by molar-refractivity contribution is -0.123. The predicted octanol–water partition coefficient (Wildman–Crippen LogP) is 4.70. The van der Waals surface area contributed by atoms with Crippen molar-refractivity contribution >= 4 is 5.91 Å². The Hall–Kier alpha value is -2.40. The van der Waals surface area contributed by atoms with Gasteiger partial charge in [0.25, 0.3) is 5.91 Å². The van der Waals surface area contributed by atoms with Gasteiger partial charge in [0.2, 0.25) is 0 Å². The Bertz CT molecular complexity index is 763. The molecule has 0 saturated heterocycles. The first-order chi connectivity index (χ1) is 13.7. The Morgan fingerprint density at radius 2 is 1.62 bits per heavy atom. The van der Waals surface area contributed by atoms with Crippen molar-refractivity contribution < 1.29 is 13.9 Å². The van der Waals surface area contributed by atoms with E-state index >= 15 is 0 Å². The number of likely N-dealkylation sites (N-methyl/N-ethyl adjacent to an activating group) is 1. The summed E-state index contributed by atoms with van der Waals surface area (Å²) in [5.74, 6) is -0.0567. The topological polar surface area (TPSA) is 41.6 Å². The van der Waals surface area contributed by atoms with Crippen molar-refractivity contribution in [2.45, 2.75) is 46.1 Å². The Morgan fingerprint density at radius 3 is 2.14 bits per heavy atom. The van der Waals surface area contributed by atoms with Crippen molar-refractivity contribution in [3.63, 3.8) is 0 Å². The smallest absolute Gasteiger partial charge is 0.258 e. The number of nitrogens with one attached hydrogen (secondary N) is 1. The van der Waals surface area contributed by atoms with E-state index in [9.17, 15) is 9.18 Å². The van der Waals surface area contributed by atoms with Crippen molar-refractivity contribution in [1.82, 2.24) is 10.2 Å². The third-order valence-corrected chi connectivity index (χ3v) is 5.09. The fourth-order valence-corrected chi connectivity index (χ4v) is 3.27. The fraction of sp³-hybridized carbons (Fsp3) is 0.458. The fourth-order valence-electron chi connectivity index (χ4n) is 3.27. The Balaban J connectivity index is 2.01. The first-order valence-corrected chi connectivity index (χ1v) is 10.2. The molecule has 1 unspecified atom stereocenters. The maximum atomic E-state index is 12.9. The van der Waals surface area contributed by atoms with Crippen LogP contribution in [-0.2, 0) is 10.2 Å². The minimum atomic E-state index is -0.332. The highest BCUT2D eigenvalue weighted by Gasteiger charge is 2.20. The summed E-state index contributed by atoms with van der Waals surface area (Å²) in [6.45, 7) is 13.0. The second kappa shape index (κ2) is 10.4. The summed E-state index contributed by atoms with van der Waals surface area (Å²) < 4.78 is 18.4. The number of hydrogen-bond acceptors (Lipinski definition) is 3. The van der Waals surface area contributed by atoms with Gasteiger partial charge in [-0.3, -0.25) is 9.69 Å². The highest BCUT2D eigenvalue weighted by molar-refractivity contribution is 5.77. The number of benzene rings is 2. The van der Waals surface area contributed by atoms with Crippen LogP contribution in [-0.4, -0.2) is 37.0 Å². The van der Waals surface area contributed by atoms with E-state index in [2.05, 4.69) is 69.1 Å². The number of nitrogens with zero attached hydrogens (tertiary/aromatic N) is 1. The molecule has 0 spiro atoms. The third kappa shape index (κ3) is 6.86. The minimum Gasteiger partial charge on any atom is -0.484 e. The molecular formula is C24H33FN2O2. The van der Waals surface area contributed by atoms with E-state index in [0.717, 1.165) is 13.1 Å². The van der Waals surface area contributed by atoms with Crippen LogP contribution >= 0.6 is 0 Å². The van der Waals surface area contributed by atoms with Crippen LogP contribution in [0.5, 0.6) is 5.75 Å². The van der Waals surface area contributed by atoms with Gasteiger partial charge in [-0.15, -0.1) is 0 Å². The van der Waals surface area contributed by atoms with Crippen molar-refractivity contribution in [2.24, 2.45) is 0 Å². The van der Waals surface area contributed by atoms with Gasteiger partial charge in [-0.1, -0.05) is 58.9 Å². The molecule has 0 bridgehead atoms. The summed E-state index contributed by atoms with van der Waals surface area (Å²) in [7, 11) is 0. The van der Waals surface area contributed by atoms with E-state index in [4.69, 9.17) is 4.74 Å². The van der Waals surface area contributed by atoms with E-state index in [1.165, 1.54) is 35.4 Å². The zero-order chi connectivity index (χ0) is 21.4. The molecule has 0 aliphatic carbocycles. The minimum absolute atomic E-state index is 0.0915. The van der Waals surface area contributed by atoms with Crippen molar-refractivity contribution in [1.29, 1.82) is 0 Å². The zero-order valence-corrected chi connectivity index (χ0v) is 18.2. The molecule has 0 saturated carbocycles. The molecule has 0 heterocycles. The largest absolute Gasteiger partial charge is 0.484 e. The van der Waals surface area contributed by atoms with E-state index in [-0.39, 0.29) is 29.8 Å². The molecule has 158 valence electrons. The summed E-state index contributed by atoms with van der Waals surface area (Å²) in [5, 5.41) is 2.98. The van der Waals surface area contributed by atoms with Crippen LogP contribution in [0.1, 0.15) is 51.8 Å². The van der Waals surface area contributed by atoms with Crippen LogP contribution in [0, 0.1) is 5.82 Å². The summed E-state index contributed by atoms with van der Waals surface area (Å²) in [6.07, 6.45) is 0. The molecule has 4 nitrogen and oxygen atoms in total. The molecule has 5 heteroatoms. The number of hydrogen-bond donors (Lipinski definition) is 1. The Labute approximate surface area is 174 Å². The molecule has 1 N–H and O–H groups in total. The van der Waals surface area contributed by atoms with E-state index < -0.39 is 0 Å². The summed E-state index contributed by atoms with van der Waals surface area (Å²) in [5.41, 5.74) is 2.58. The Kier molecular flexibility index (Phi) is 8.21.